The maximum Gasteiger partial charge on any atom is 1.00 e. The fraction of sp³-hybridized carbons (Fsp3) is 0.750. The van der Waals surface area contributed by atoms with E-state index in [0.29, 0.717) is 6.61 Å². The molecule has 0 rings (SSSR count). The molecule has 0 unspecified atom stereocenters. The largest absolute Gasteiger partial charge is 1.00 e. The molecule has 0 aromatic heterocycles. The smallest absolute Gasteiger partial charge is 1.00 e. The van der Waals surface area contributed by atoms with Crippen LogP contribution in [0, 0.1) is 0 Å². The molecule has 0 aliphatic rings. The zero-order chi connectivity index (χ0) is 6.95. The molecular weight excluding hydrogens is 135 g/mol. The first-order chi connectivity index (χ1) is 4.41. The van der Waals surface area contributed by atoms with Crippen LogP contribution < -0.4 is 29.6 Å². The van der Waals surface area contributed by atoms with Crippen LogP contribution in [0.1, 0.15) is 27.6 Å². The topological polar surface area (TPSA) is 9.23 Å². The summed E-state index contributed by atoms with van der Waals surface area (Å²) < 4.78 is 5.17. The molecule has 2 heteroatoms. The van der Waals surface area contributed by atoms with Crippen LogP contribution in [0.5, 0.6) is 0 Å². The van der Waals surface area contributed by atoms with Crippen molar-refractivity contribution in [3.05, 3.63) is 12.7 Å². The van der Waals surface area contributed by atoms with Gasteiger partial charge in [0, 0.05) is 6.61 Å². The molecule has 0 aromatic rings. The van der Waals surface area contributed by atoms with Gasteiger partial charge in [-0.1, -0.05) is 25.8 Å². The molecule has 0 fully saturated rings. The summed E-state index contributed by atoms with van der Waals surface area (Å²) in [4.78, 5) is 0. The normalized spacial score (nSPS) is 8.50. The molecule has 0 amide bonds. The average molecular weight is 152 g/mol. The molecule has 10 heavy (non-hydrogen) atoms. The van der Waals surface area contributed by atoms with Crippen molar-refractivity contribution in [2.75, 3.05) is 13.2 Å². The molecule has 0 aromatic carbocycles. The van der Waals surface area contributed by atoms with Gasteiger partial charge < -0.3 is 6.16 Å². The molecule has 0 saturated carbocycles. The van der Waals surface area contributed by atoms with Crippen LogP contribution in [0.2, 0.25) is 0 Å². The van der Waals surface area contributed by atoms with Gasteiger partial charge in [0.1, 0.15) is 0 Å². The quantitative estimate of drug-likeness (QED) is 0.283. The second-order valence-electron chi connectivity index (χ2n) is 2.07. The standard InChI is InChI=1S/C8H16O.Na.H/c1-3-5-6-8-9-7-4-2;;/h4H,2-3,5-8H2,1H3;;/q;+1;-1. The van der Waals surface area contributed by atoms with Gasteiger partial charge in [-0.2, -0.15) is 0 Å². The van der Waals surface area contributed by atoms with E-state index >= 15 is 0 Å². The molecule has 0 atom stereocenters. The fourth-order valence-corrected chi connectivity index (χ4v) is 0.621. The molecule has 0 spiro atoms. The summed E-state index contributed by atoms with van der Waals surface area (Å²) in [5.41, 5.74) is 0. The van der Waals surface area contributed by atoms with E-state index in [1.165, 1.54) is 19.3 Å². The minimum atomic E-state index is 0. The second-order valence-corrected chi connectivity index (χ2v) is 2.07. The maximum atomic E-state index is 5.17. The minimum absolute atomic E-state index is 0. The molecular formula is C8H17NaO. The van der Waals surface area contributed by atoms with Crippen LogP contribution in [0.4, 0.5) is 0 Å². The summed E-state index contributed by atoms with van der Waals surface area (Å²) in [6, 6.07) is 0. The molecule has 0 radical (unpaired) electrons. The van der Waals surface area contributed by atoms with Crippen LogP contribution in [0.25, 0.3) is 0 Å². The van der Waals surface area contributed by atoms with Gasteiger partial charge in [0.15, 0.2) is 0 Å². The Morgan fingerprint density at radius 1 is 1.50 bits per heavy atom. The van der Waals surface area contributed by atoms with Gasteiger partial charge in [-0.05, 0) is 6.42 Å². The van der Waals surface area contributed by atoms with Crippen molar-refractivity contribution in [2.45, 2.75) is 26.2 Å². The van der Waals surface area contributed by atoms with Crippen molar-refractivity contribution < 1.29 is 35.7 Å². The van der Waals surface area contributed by atoms with Crippen LogP contribution >= 0.6 is 0 Å². The Kier molecular flexibility index (Phi) is 16.5. The second kappa shape index (κ2) is 12.4. The predicted octanol–water partition coefficient (Wildman–Crippen LogP) is -0.504. The zero-order valence-corrected chi connectivity index (χ0v) is 9.23. The van der Waals surface area contributed by atoms with Crippen molar-refractivity contribution in [1.29, 1.82) is 0 Å². The molecule has 0 bridgehead atoms. The van der Waals surface area contributed by atoms with Crippen molar-refractivity contribution in [3.8, 4) is 0 Å². The number of hydrogen-bond donors (Lipinski definition) is 0. The third-order valence-corrected chi connectivity index (χ3v) is 1.13. The van der Waals surface area contributed by atoms with E-state index < -0.39 is 0 Å². The van der Waals surface area contributed by atoms with E-state index in [-0.39, 0.29) is 31.0 Å². The van der Waals surface area contributed by atoms with E-state index in [0.717, 1.165) is 6.61 Å². The summed E-state index contributed by atoms with van der Waals surface area (Å²) >= 11 is 0. The molecule has 1 nitrogen and oxygen atoms in total. The fourth-order valence-electron chi connectivity index (χ4n) is 0.621. The summed E-state index contributed by atoms with van der Waals surface area (Å²) in [6.45, 7) is 7.33. The van der Waals surface area contributed by atoms with E-state index in [9.17, 15) is 0 Å². The van der Waals surface area contributed by atoms with Gasteiger partial charge in [-0.3, -0.25) is 0 Å². The Hall–Kier alpha value is 0.700. The van der Waals surface area contributed by atoms with Crippen LogP contribution in [0.15, 0.2) is 12.7 Å². The first-order valence-electron chi connectivity index (χ1n) is 3.60. The Morgan fingerprint density at radius 2 is 2.20 bits per heavy atom. The van der Waals surface area contributed by atoms with E-state index in [2.05, 4.69) is 13.5 Å². The molecule has 0 N–H and O–H groups in total. The average Bonchev–Trinajstić information content (AvgIpc) is 1.89. The first-order valence-corrected chi connectivity index (χ1v) is 3.60. The third-order valence-electron chi connectivity index (χ3n) is 1.13. The Morgan fingerprint density at radius 3 is 2.70 bits per heavy atom. The van der Waals surface area contributed by atoms with E-state index in [4.69, 9.17) is 4.74 Å². The zero-order valence-electron chi connectivity index (χ0n) is 8.23. The van der Waals surface area contributed by atoms with Crippen LogP contribution in [-0.2, 0) is 4.74 Å². The van der Waals surface area contributed by atoms with Crippen molar-refractivity contribution in [1.82, 2.24) is 0 Å². The van der Waals surface area contributed by atoms with Crippen molar-refractivity contribution in [2.24, 2.45) is 0 Å². The molecule has 0 aliphatic carbocycles. The van der Waals surface area contributed by atoms with Crippen LogP contribution in [0.3, 0.4) is 0 Å². The minimum Gasteiger partial charge on any atom is -1.00 e. The Balaban J connectivity index is -0.000000320. The van der Waals surface area contributed by atoms with Crippen molar-refractivity contribution >= 4 is 0 Å². The SMILES string of the molecule is C=CCOCCCCC.[H-].[Na+]. The van der Waals surface area contributed by atoms with Gasteiger partial charge in [0.2, 0.25) is 0 Å². The Labute approximate surface area is 87.6 Å². The first kappa shape index (κ1) is 13.3. The summed E-state index contributed by atoms with van der Waals surface area (Å²) in [6.07, 6.45) is 5.50. The van der Waals surface area contributed by atoms with Crippen molar-refractivity contribution in [3.63, 3.8) is 0 Å². The molecule has 0 saturated heterocycles. The number of ether oxygens (including phenoxy) is 1. The number of rotatable bonds is 6. The van der Waals surface area contributed by atoms with Gasteiger partial charge in [0.05, 0.1) is 6.61 Å². The summed E-state index contributed by atoms with van der Waals surface area (Å²) in [5, 5.41) is 0. The third kappa shape index (κ3) is 11.5. The van der Waals surface area contributed by atoms with E-state index in [1.807, 2.05) is 0 Å². The van der Waals surface area contributed by atoms with Gasteiger partial charge in [-0.15, -0.1) is 6.58 Å². The number of hydrogen-bond acceptors (Lipinski definition) is 1. The molecule has 56 valence electrons. The maximum absolute atomic E-state index is 5.17. The van der Waals surface area contributed by atoms with Gasteiger partial charge >= 0.3 is 29.6 Å². The summed E-state index contributed by atoms with van der Waals surface area (Å²) in [5.74, 6) is 0. The summed E-state index contributed by atoms with van der Waals surface area (Å²) in [7, 11) is 0. The van der Waals surface area contributed by atoms with Gasteiger partial charge in [-0.25, -0.2) is 0 Å². The predicted molar refractivity (Wildman–Crippen MR) is 41.7 cm³/mol. The Bertz CT molecular complexity index is 69.1. The van der Waals surface area contributed by atoms with Crippen LogP contribution in [-0.4, -0.2) is 13.2 Å². The molecule has 0 aliphatic heterocycles. The number of unbranched alkanes of at least 4 members (excludes halogenated alkanes) is 2. The monoisotopic (exact) mass is 152 g/mol. The van der Waals surface area contributed by atoms with Gasteiger partial charge in [0.25, 0.3) is 0 Å². The van der Waals surface area contributed by atoms with E-state index in [1.54, 1.807) is 6.08 Å². The molecule has 0 heterocycles.